The van der Waals surface area contributed by atoms with Crippen LogP contribution in [-0.4, -0.2) is 84.7 Å². The Labute approximate surface area is 199 Å². The Kier molecular flexibility index (Phi) is 29.6. The van der Waals surface area contributed by atoms with Gasteiger partial charge in [-0.1, -0.05) is 33.6 Å². The van der Waals surface area contributed by atoms with Gasteiger partial charge in [0.2, 0.25) is 0 Å². The average Bonchev–Trinajstić information content (AvgIpc) is 2.68. The number of hydrogen-bond donors (Lipinski definition) is 8. The number of rotatable bonds is 8. The summed E-state index contributed by atoms with van der Waals surface area (Å²) >= 11 is 3.86. The molecule has 1 unspecified atom stereocenters. The number of thiol groups is 1. The van der Waals surface area contributed by atoms with Crippen molar-refractivity contribution in [3.63, 3.8) is 0 Å². The largest absolute Gasteiger partial charge is 0.481 e. The van der Waals surface area contributed by atoms with Crippen molar-refractivity contribution in [2.24, 2.45) is 5.41 Å². The highest BCUT2D eigenvalue weighted by atomic mass is 32.1. The molecule has 0 spiro atoms. The summed E-state index contributed by atoms with van der Waals surface area (Å²) in [5, 5.41) is 57.1. The average molecular weight is 499 g/mol. The van der Waals surface area contributed by atoms with Crippen LogP contribution in [0.5, 0.6) is 0 Å². The molecule has 0 aliphatic carbocycles. The maximum Gasteiger partial charge on any atom is 0.330 e. The van der Waals surface area contributed by atoms with Crippen molar-refractivity contribution in [2.45, 2.75) is 46.3 Å². The molecular weight excluding hydrogens is 460 g/mol. The van der Waals surface area contributed by atoms with E-state index in [9.17, 15) is 19.2 Å². The molecule has 0 bridgehead atoms. The molecule has 0 aromatic rings. The molecule has 0 amide bonds. The third kappa shape index (κ3) is 43.9. The van der Waals surface area contributed by atoms with E-state index in [4.69, 9.17) is 35.7 Å². The minimum absolute atomic E-state index is 0.0301. The summed E-state index contributed by atoms with van der Waals surface area (Å²) in [6.07, 6.45) is 0.142. The van der Waals surface area contributed by atoms with Gasteiger partial charge in [-0.25, -0.2) is 14.4 Å². The summed E-state index contributed by atoms with van der Waals surface area (Å²) in [6.45, 7) is 16.6. The second kappa shape index (κ2) is 24.0. The number of carboxylic acid groups (broad SMARTS) is 4. The summed E-state index contributed by atoms with van der Waals surface area (Å²) in [7, 11) is 0. The van der Waals surface area contributed by atoms with Gasteiger partial charge in [0, 0.05) is 27.4 Å². The maximum atomic E-state index is 9.76. The van der Waals surface area contributed by atoms with Crippen molar-refractivity contribution in [3.05, 3.63) is 36.5 Å². The van der Waals surface area contributed by atoms with Crippen molar-refractivity contribution in [3.8, 4) is 0 Å². The lowest BCUT2D eigenvalue weighted by molar-refractivity contribution is -0.137. The fourth-order valence-electron chi connectivity index (χ4n) is 0.403. The SMILES string of the molecule is C=C(C)C(=O)O.C=C(C)C(=O)O.C=C(C)C(=O)O.CC(CO)(CO)CO.CC(S)CC(=O)O. The fourth-order valence-corrected chi connectivity index (χ4v) is 0.559. The minimum atomic E-state index is -0.935. The minimum Gasteiger partial charge on any atom is -0.481 e. The molecule has 0 fully saturated rings. The second-order valence-corrected chi connectivity index (χ2v) is 7.87. The van der Waals surface area contributed by atoms with E-state index in [0.29, 0.717) is 0 Å². The lowest BCUT2D eigenvalue weighted by atomic mass is 9.95. The maximum absolute atomic E-state index is 9.76. The van der Waals surface area contributed by atoms with Crippen LogP contribution in [0.4, 0.5) is 0 Å². The lowest BCUT2D eigenvalue weighted by Crippen LogP contribution is -2.29. The summed E-state index contributed by atoms with van der Waals surface area (Å²) in [4.78, 5) is 38.6. The van der Waals surface area contributed by atoms with E-state index < -0.39 is 29.3 Å². The van der Waals surface area contributed by atoms with Crippen LogP contribution >= 0.6 is 12.6 Å². The normalized spacial score (nSPS) is 9.85. The van der Waals surface area contributed by atoms with E-state index in [1.54, 1.807) is 13.8 Å². The standard InChI is InChI=1S/C5H12O3.C4H8O2S.3C4H6O2/c1-5(2-6,3-7)4-8;1-3(7)2-4(5)6;3*1-3(2)4(5)6/h6-8H,2-4H2,1H3;3,7H,2H2,1H3,(H,5,6);3*1H2,2H3,(H,5,6). The Morgan fingerprint density at radius 2 is 0.909 bits per heavy atom. The van der Waals surface area contributed by atoms with Gasteiger partial charge in [-0.3, -0.25) is 4.79 Å². The van der Waals surface area contributed by atoms with Crippen LogP contribution in [0, 0.1) is 5.41 Å². The first-order valence-corrected chi connectivity index (χ1v) is 9.64. The first-order chi connectivity index (χ1) is 14.7. The van der Waals surface area contributed by atoms with Gasteiger partial charge in [0.15, 0.2) is 0 Å². The van der Waals surface area contributed by atoms with Crippen LogP contribution in [0.1, 0.15) is 41.0 Å². The summed E-state index contributed by atoms with van der Waals surface area (Å²) < 4.78 is 0. The molecule has 0 radical (unpaired) electrons. The van der Waals surface area contributed by atoms with Crippen LogP contribution in [0.15, 0.2) is 36.5 Å². The topological polar surface area (TPSA) is 210 Å². The molecule has 11 nitrogen and oxygen atoms in total. The first-order valence-electron chi connectivity index (χ1n) is 9.13. The number of aliphatic hydroxyl groups is 3. The molecule has 194 valence electrons. The van der Waals surface area contributed by atoms with Crippen LogP contribution in [0.25, 0.3) is 0 Å². The molecule has 0 aliphatic rings. The number of aliphatic carboxylic acids is 4. The summed E-state index contributed by atoms with van der Waals surface area (Å²) in [5.41, 5.74) is -0.181. The molecule has 7 N–H and O–H groups in total. The molecule has 0 saturated heterocycles. The molecule has 0 aromatic heterocycles. The van der Waals surface area contributed by atoms with Crippen molar-refractivity contribution < 1.29 is 54.9 Å². The molecule has 0 aromatic carbocycles. The van der Waals surface area contributed by atoms with Gasteiger partial charge in [0.25, 0.3) is 0 Å². The zero-order valence-electron chi connectivity index (χ0n) is 19.7. The van der Waals surface area contributed by atoms with Crippen molar-refractivity contribution >= 4 is 36.5 Å². The Balaban J connectivity index is -0.0000000995. The predicted molar refractivity (Wildman–Crippen MR) is 127 cm³/mol. The van der Waals surface area contributed by atoms with Crippen molar-refractivity contribution in [2.75, 3.05) is 19.8 Å². The monoisotopic (exact) mass is 498 g/mol. The van der Waals surface area contributed by atoms with E-state index in [2.05, 4.69) is 32.4 Å². The molecule has 0 heterocycles. The number of aliphatic hydroxyl groups excluding tert-OH is 3. The molecule has 1 atom stereocenters. The van der Waals surface area contributed by atoms with Gasteiger partial charge in [-0.2, -0.15) is 12.6 Å². The van der Waals surface area contributed by atoms with Crippen LogP contribution < -0.4 is 0 Å². The Hall–Kier alpha value is -2.67. The van der Waals surface area contributed by atoms with E-state index in [1.165, 1.54) is 20.8 Å². The zero-order valence-corrected chi connectivity index (χ0v) is 20.6. The van der Waals surface area contributed by atoms with Gasteiger partial charge in [-0.15, -0.1) is 0 Å². The summed E-state index contributed by atoms with van der Waals surface area (Å²) in [6, 6.07) is 0. The third-order valence-corrected chi connectivity index (χ3v) is 2.89. The number of carboxylic acids is 4. The van der Waals surface area contributed by atoms with Gasteiger partial charge < -0.3 is 35.7 Å². The zero-order chi connectivity index (χ0) is 27.9. The molecule has 12 heteroatoms. The summed E-state index contributed by atoms with van der Waals surface area (Å²) in [5.74, 6) is -3.59. The Bertz CT molecular complexity index is 535. The van der Waals surface area contributed by atoms with Gasteiger partial charge >= 0.3 is 23.9 Å². The van der Waals surface area contributed by atoms with Gasteiger partial charge in [0.05, 0.1) is 26.2 Å². The Morgan fingerprint density at radius 1 is 0.727 bits per heavy atom. The van der Waals surface area contributed by atoms with E-state index >= 15 is 0 Å². The van der Waals surface area contributed by atoms with Crippen LogP contribution in [-0.2, 0) is 19.2 Å². The van der Waals surface area contributed by atoms with Gasteiger partial charge in [-0.05, 0) is 20.8 Å². The third-order valence-electron chi connectivity index (χ3n) is 2.71. The fraction of sp³-hybridized carbons (Fsp3) is 0.524. The highest BCUT2D eigenvalue weighted by molar-refractivity contribution is 7.80. The number of carbonyl (C=O) groups is 4. The number of hydrogen-bond acceptors (Lipinski definition) is 8. The Morgan fingerprint density at radius 3 is 0.909 bits per heavy atom. The van der Waals surface area contributed by atoms with E-state index in [0.717, 1.165) is 0 Å². The molecule has 0 aliphatic heterocycles. The highest BCUT2D eigenvalue weighted by Gasteiger charge is 2.20. The molecule has 33 heavy (non-hydrogen) atoms. The first kappa shape index (κ1) is 40.7. The van der Waals surface area contributed by atoms with Crippen LogP contribution in [0.2, 0.25) is 0 Å². The highest BCUT2D eigenvalue weighted by Crippen LogP contribution is 2.10. The smallest absolute Gasteiger partial charge is 0.330 e. The van der Waals surface area contributed by atoms with E-state index in [1.807, 2.05) is 0 Å². The quantitative estimate of drug-likeness (QED) is 0.178. The lowest BCUT2D eigenvalue weighted by Gasteiger charge is -2.20. The van der Waals surface area contributed by atoms with Crippen molar-refractivity contribution in [1.29, 1.82) is 0 Å². The van der Waals surface area contributed by atoms with Crippen molar-refractivity contribution in [1.82, 2.24) is 0 Å². The van der Waals surface area contributed by atoms with E-state index in [-0.39, 0.29) is 48.2 Å². The molecular formula is C21H38O11S. The van der Waals surface area contributed by atoms with Crippen LogP contribution in [0.3, 0.4) is 0 Å². The van der Waals surface area contributed by atoms with Gasteiger partial charge in [0.1, 0.15) is 0 Å². The molecule has 0 rings (SSSR count). The predicted octanol–water partition coefficient (Wildman–Crippen LogP) is 1.69. The molecule has 0 saturated carbocycles. The second-order valence-electron chi connectivity index (χ2n) is 6.99.